The van der Waals surface area contributed by atoms with Gasteiger partial charge in [-0.25, -0.2) is 0 Å². The van der Waals surface area contributed by atoms with Gasteiger partial charge in [-0.15, -0.1) is 0 Å². The van der Waals surface area contributed by atoms with Crippen LogP contribution in [-0.4, -0.2) is 18.4 Å². The van der Waals surface area contributed by atoms with Crippen LogP contribution in [0.15, 0.2) is 0 Å². The first kappa shape index (κ1) is 13.6. The van der Waals surface area contributed by atoms with Crippen molar-refractivity contribution < 1.29 is 14.3 Å². The van der Waals surface area contributed by atoms with E-state index in [0.29, 0.717) is 24.9 Å². The molecule has 3 heteroatoms. The van der Waals surface area contributed by atoms with Gasteiger partial charge in [0, 0.05) is 12.3 Å². The highest BCUT2D eigenvalue weighted by atomic mass is 16.5. The second-order valence-corrected chi connectivity index (χ2v) is 5.83. The molecule has 2 fully saturated rings. The van der Waals surface area contributed by atoms with E-state index in [1.165, 1.54) is 25.7 Å². The van der Waals surface area contributed by atoms with Gasteiger partial charge >= 0.3 is 5.97 Å². The van der Waals surface area contributed by atoms with Crippen LogP contribution < -0.4 is 0 Å². The molecule has 0 unspecified atom stereocenters. The van der Waals surface area contributed by atoms with E-state index in [0.717, 1.165) is 6.42 Å². The van der Waals surface area contributed by atoms with Gasteiger partial charge in [0.05, 0.1) is 6.61 Å². The number of carbonyl (C=O) groups is 2. The molecular weight excluding hydrogens is 228 g/mol. The molecule has 2 aliphatic carbocycles. The predicted molar refractivity (Wildman–Crippen MR) is 69.0 cm³/mol. The van der Waals surface area contributed by atoms with Gasteiger partial charge in [0.15, 0.2) is 0 Å². The fraction of sp³-hybridized carbons (Fsp3) is 0.867. The van der Waals surface area contributed by atoms with Crippen molar-refractivity contribution in [1.82, 2.24) is 0 Å². The van der Waals surface area contributed by atoms with Crippen molar-refractivity contribution in [2.75, 3.05) is 6.61 Å². The van der Waals surface area contributed by atoms with E-state index in [2.05, 4.69) is 0 Å². The van der Waals surface area contributed by atoms with Crippen LogP contribution in [0.5, 0.6) is 0 Å². The Balaban J connectivity index is 2.06. The van der Waals surface area contributed by atoms with Gasteiger partial charge in [0.1, 0.15) is 5.78 Å². The first-order valence-electron chi connectivity index (χ1n) is 7.29. The molecule has 2 rings (SSSR count). The molecule has 0 saturated heterocycles. The Kier molecular flexibility index (Phi) is 4.41. The Labute approximate surface area is 109 Å². The fourth-order valence-corrected chi connectivity index (χ4v) is 4.07. The third kappa shape index (κ3) is 2.76. The number of rotatable bonds is 4. The topological polar surface area (TPSA) is 43.4 Å². The largest absolute Gasteiger partial charge is 0.466 e. The van der Waals surface area contributed by atoms with E-state index in [1.807, 2.05) is 6.92 Å². The summed E-state index contributed by atoms with van der Waals surface area (Å²) in [5, 5.41) is 0. The Morgan fingerprint density at radius 3 is 2.61 bits per heavy atom. The lowest BCUT2D eigenvalue weighted by molar-refractivity contribution is -0.145. The molecule has 2 saturated carbocycles. The minimum absolute atomic E-state index is 0.0995. The molecule has 0 spiro atoms. The molecular formula is C15H24O3. The van der Waals surface area contributed by atoms with Crippen LogP contribution in [0, 0.1) is 23.7 Å². The molecule has 0 bridgehead atoms. The molecule has 0 aromatic carbocycles. The molecule has 3 nitrogen and oxygen atoms in total. The molecule has 102 valence electrons. The highest BCUT2D eigenvalue weighted by molar-refractivity contribution is 5.80. The maximum atomic E-state index is 11.8. The van der Waals surface area contributed by atoms with Crippen molar-refractivity contribution in [3.8, 4) is 0 Å². The van der Waals surface area contributed by atoms with Crippen molar-refractivity contribution in [2.24, 2.45) is 23.7 Å². The average molecular weight is 252 g/mol. The van der Waals surface area contributed by atoms with E-state index in [4.69, 9.17) is 4.74 Å². The number of fused-ring (bicyclic) bond motifs is 1. The summed E-state index contributed by atoms with van der Waals surface area (Å²) < 4.78 is 5.06. The Morgan fingerprint density at radius 2 is 1.94 bits per heavy atom. The van der Waals surface area contributed by atoms with Gasteiger partial charge < -0.3 is 4.74 Å². The molecule has 18 heavy (non-hydrogen) atoms. The van der Waals surface area contributed by atoms with Crippen LogP contribution in [0.4, 0.5) is 0 Å². The van der Waals surface area contributed by atoms with Gasteiger partial charge in [-0.05, 0) is 44.4 Å². The molecule has 0 aromatic heterocycles. The van der Waals surface area contributed by atoms with Gasteiger partial charge in [-0.2, -0.15) is 0 Å². The van der Waals surface area contributed by atoms with Gasteiger partial charge in [-0.1, -0.05) is 19.3 Å². The number of hydrogen-bond acceptors (Lipinski definition) is 3. The summed E-state index contributed by atoms with van der Waals surface area (Å²) >= 11 is 0. The normalized spacial score (nSPS) is 35.0. The Bertz CT molecular complexity index is 324. The quantitative estimate of drug-likeness (QED) is 0.722. The highest BCUT2D eigenvalue weighted by Gasteiger charge is 2.46. The monoisotopic (exact) mass is 252 g/mol. The SMILES string of the molecule is CCOC(=O)C[C@@H]1[C@H]2CCCC[C@@H]2C[C@H]1C(C)=O. The number of hydrogen-bond donors (Lipinski definition) is 0. The number of ether oxygens (including phenoxy) is 1. The number of ketones is 1. The van der Waals surface area contributed by atoms with Gasteiger partial charge in [0.25, 0.3) is 0 Å². The predicted octanol–water partition coefficient (Wildman–Crippen LogP) is 2.97. The smallest absolute Gasteiger partial charge is 0.306 e. The van der Waals surface area contributed by atoms with E-state index in [1.54, 1.807) is 6.92 Å². The molecule has 0 aromatic rings. The van der Waals surface area contributed by atoms with Crippen LogP contribution in [0.2, 0.25) is 0 Å². The molecule has 0 aliphatic heterocycles. The zero-order chi connectivity index (χ0) is 13.1. The third-order valence-electron chi connectivity index (χ3n) is 4.82. The van der Waals surface area contributed by atoms with Crippen molar-refractivity contribution in [3.63, 3.8) is 0 Å². The van der Waals surface area contributed by atoms with Gasteiger partial charge in [0.2, 0.25) is 0 Å². The zero-order valence-electron chi connectivity index (χ0n) is 11.5. The van der Waals surface area contributed by atoms with E-state index >= 15 is 0 Å². The van der Waals surface area contributed by atoms with Crippen LogP contribution in [-0.2, 0) is 14.3 Å². The fourth-order valence-electron chi connectivity index (χ4n) is 4.07. The summed E-state index contributed by atoms with van der Waals surface area (Å²) in [6.07, 6.45) is 6.43. The van der Waals surface area contributed by atoms with Crippen molar-refractivity contribution in [2.45, 2.75) is 52.4 Å². The maximum absolute atomic E-state index is 11.8. The summed E-state index contributed by atoms with van der Waals surface area (Å²) in [6.45, 7) is 3.95. The second-order valence-electron chi connectivity index (χ2n) is 5.83. The van der Waals surface area contributed by atoms with E-state index in [9.17, 15) is 9.59 Å². The molecule has 0 heterocycles. The standard InChI is InChI=1S/C15H24O3/c1-3-18-15(17)9-14-12-7-5-4-6-11(12)8-13(14)10(2)16/h11-14H,3-9H2,1-2H3/t11-,12+,13+,14-/m1/s1. The van der Waals surface area contributed by atoms with Crippen molar-refractivity contribution in [1.29, 1.82) is 0 Å². The number of esters is 1. The average Bonchev–Trinajstić information content (AvgIpc) is 2.69. The molecule has 4 atom stereocenters. The first-order chi connectivity index (χ1) is 8.63. The van der Waals surface area contributed by atoms with E-state index < -0.39 is 0 Å². The number of carbonyl (C=O) groups excluding carboxylic acids is 2. The molecule has 0 amide bonds. The Hall–Kier alpha value is -0.860. The Morgan fingerprint density at radius 1 is 1.22 bits per heavy atom. The van der Waals surface area contributed by atoms with E-state index in [-0.39, 0.29) is 23.6 Å². The number of Topliss-reactive ketones (excluding diaryl/α,β-unsaturated/α-hetero) is 1. The molecule has 0 N–H and O–H groups in total. The second kappa shape index (κ2) is 5.85. The van der Waals surface area contributed by atoms with Crippen molar-refractivity contribution in [3.05, 3.63) is 0 Å². The van der Waals surface area contributed by atoms with Crippen LogP contribution in [0.25, 0.3) is 0 Å². The highest BCUT2D eigenvalue weighted by Crippen LogP contribution is 2.50. The zero-order valence-corrected chi connectivity index (χ0v) is 11.5. The molecule has 0 radical (unpaired) electrons. The minimum atomic E-state index is -0.125. The van der Waals surface area contributed by atoms with Crippen LogP contribution >= 0.6 is 0 Å². The lowest BCUT2D eigenvalue weighted by atomic mass is 9.76. The summed E-state index contributed by atoms with van der Waals surface area (Å²) in [6, 6.07) is 0. The summed E-state index contributed by atoms with van der Waals surface area (Å²) in [4.78, 5) is 23.5. The summed E-state index contributed by atoms with van der Waals surface area (Å²) in [5.41, 5.74) is 0. The summed E-state index contributed by atoms with van der Waals surface area (Å²) in [5.74, 6) is 1.73. The lowest BCUT2D eigenvalue weighted by Crippen LogP contribution is -2.26. The van der Waals surface area contributed by atoms with Crippen LogP contribution in [0.3, 0.4) is 0 Å². The third-order valence-corrected chi connectivity index (χ3v) is 4.82. The maximum Gasteiger partial charge on any atom is 0.306 e. The van der Waals surface area contributed by atoms with Crippen molar-refractivity contribution >= 4 is 11.8 Å². The van der Waals surface area contributed by atoms with Crippen LogP contribution in [0.1, 0.15) is 52.4 Å². The first-order valence-corrected chi connectivity index (χ1v) is 7.29. The minimum Gasteiger partial charge on any atom is -0.466 e. The van der Waals surface area contributed by atoms with Gasteiger partial charge in [-0.3, -0.25) is 9.59 Å². The summed E-state index contributed by atoms with van der Waals surface area (Å²) in [7, 11) is 0. The lowest BCUT2D eigenvalue weighted by Gasteiger charge is -2.29. The molecule has 2 aliphatic rings.